The Kier molecular flexibility index (Phi) is 3.13. The summed E-state index contributed by atoms with van der Waals surface area (Å²) in [4.78, 5) is 22.9. The number of nitrogens with zero attached hydrogens (tertiary/aromatic N) is 1. The summed E-state index contributed by atoms with van der Waals surface area (Å²) >= 11 is 0. The van der Waals surface area contributed by atoms with E-state index in [1.807, 2.05) is 0 Å². The Morgan fingerprint density at radius 3 is 2.60 bits per heavy atom. The Hall–Kier alpha value is -2.22. The van der Waals surface area contributed by atoms with Crippen molar-refractivity contribution in [3.05, 3.63) is 23.4 Å². The van der Waals surface area contributed by atoms with Crippen LogP contribution in [0.4, 0.5) is 0 Å². The number of rotatable bonds is 3. The van der Waals surface area contributed by atoms with Crippen molar-refractivity contribution in [2.24, 2.45) is 0 Å². The fourth-order valence-electron chi connectivity index (χ4n) is 1.20. The van der Waals surface area contributed by atoms with Crippen molar-refractivity contribution in [1.82, 2.24) is 4.90 Å². The zero-order valence-electron chi connectivity index (χ0n) is 7.80. The first-order valence-electron chi connectivity index (χ1n) is 4.11. The molecule has 2 N–H and O–H groups in total. The van der Waals surface area contributed by atoms with Crippen molar-refractivity contribution in [2.45, 2.75) is 0 Å². The van der Waals surface area contributed by atoms with Crippen LogP contribution in [0.5, 0.6) is 0 Å². The largest absolute Gasteiger partial charge is 0.478 e. The standard InChI is InChI=1S/C10H9NO4/c1-2-3-11-5-7(9(12)13)4-8(6-11)10(14)15/h1,4-5H,3,6H2,(H,12,13)(H,14,15). The highest BCUT2D eigenvalue weighted by Crippen LogP contribution is 2.13. The number of terminal acetylenes is 1. The molecule has 0 radical (unpaired) electrons. The summed E-state index contributed by atoms with van der Waals surface area (Å²) in [5.41, 5.74) is -0.0564. The minimum atomic E-state index is -1.17. The second-order valence-corrected chi connectivity index (χ2v) is 2.97. The van der Waals surface area contributed by atoms with E-state index in [1.165, 1.54) is 11.1 Å². The topological polar surface area (TPSA) is 77.8 Å². The molecule has 0 saturated heterocycles. The Balaban J connectivity index is 2.98. The van der Waals surface area contributed by atoms with E-state index in [-0.39, 0.29) is 24.2 Å². The van der Waals surface area contributed by atoms with Crippen LogP contribution < -0.4 is 0 Å². The van der Waals surface area contributed by atoms with Crippen LogP contribution in [-0.2, 0) is 9.59 Å². The van der Waals surface area contributed by atoms with Crippen molar-refractivity contribution >= 4 is 11.9 Å². The summed E-state index contributed by atoms with van der Waals surface area (Å²) in [6, 6.07) is 0. The average molecular weight is 207 g/mol. The quantitative estimate of drug-likeness (QED) is 0.632. The third-order valence-electron chi connectivity index (χ3n) is 1.84. The highest BCUT2D eigenvalue weighted by Gasteiger charge is 2.19. The number of carboxylic acid groups (broad SMARTS) is 2. The van der Waals surface area contributed by atoms with Crippen LogP contribution in [0.2, 0.25) is 0 Å². The Bertz CT molecular complexity index is 400. The first-order chi connectivity index (χ1) is 7.04. The summed E-state index contributed by atoms with van der Waals surface area (Å²) in [5.74, 6) is 0.0185. The van der Waals surface area contributed by atoms with Crippen molar-refractivity contribution in [2.75, 3.05) is 13.1 Å². The third kappa shape index (κ3) is 2.61. The van der Waals surface area contributed by atoms with E-state index in [1.54, 1.807) is 0 Å². The molecule has 0 atom stereocenters. The average Bonchev–Trinajstić information content (AvgIpc) is 2.17. The molecule has 15 heavy (non-hydrogen) atoms. The zero-order valence-corrected chi connectivity index (χ0v) is 7.80. The van der Waals surface area contributed by atoms with Gasteiger partial charge in [-0.25, -0.2) is 9.59 Å². The smallest absolute Gasteiger partial charge is 0.337 e. The fourth-order valence-corrected chi connectivity index (χ4v) is 1.20. The van der Waals surface area contributed by atoms with Gasteiger partial charge in [-0.3, -0.25) is 0 Å². The molecule has 0 spiro atoms. The second-order valence-electron chi connectivity index (χ2n) is 2.97. The van der Waals surface area contributed by atoms with E-state index in [0.717, 1.165) is 6.08 Å². The highest BCUT2D eigenvalue weighted by molar-refractivity contribution is 5.95. The van der Waals surface area contributed by atoms with Gasteiger partial charge in [-0.15, -0.1) is 6.42 Å². The maximum atomic E-state index is 10.7. The lowest BCUT2D eigenvalue weighted by Gasteiger charge is -2.22. The van der Waals surface area contributed by atoms with Gasteiger partial charge in [0.1, 0.15) is 0 Å². The molecule has 0 bridgehead atoms. The molecule has 1 aliphatic rings. The van der Waals surface area contributed by atoms with Crippen molar-refractivity contribution in [3.8, 4) is 12.3 Å². The number of hydrogen-bond acceptors (Lipinski definition) is 3. The molecule has 0 aromatic rings. The summed E-state index contributed by atoms with van der Waals surface area (Å²) in [6.07, 6.45) is 7.55. The predicted octanol–water partition coefficient (Wildman–Crippen LogP) is -0.0853. The van der Waals surface area contributed by atoms with Gasteiger partial charge in [-0.1, -0.05) is 5.92 Å². The minimum Gasteiger partial charge on any atom is -0.478 e. The lowest BCUT2D eigenvalue weighted by atomic mass is 10.1. The molecule has 0 aromatic heterocycles. The lowest BCUT2D eigenvalue weighted by molar-refractivity contribution is -0.132. The van der Waals surface area contributed by atoms with E-state index >= 15 is 0 Å². The molecule has 1 heterocycles. The Labute approximate surface area is 86.3 Å². The van der Waals surface area contributed by atoms with Crippen LogP contribution in [-0.4, -0.2) is 40.1 Å². The molecule has 1 aliphatic heterocycles. The summed E-state index contributed by atoms with van der Waals surface area (Å²) in [6.45, 7) is 0.303. The second kappa shape index (κ2) is 4.33. The van der Waals surface area contributed by atoms with Crippen LogP contribution in [0.1, 0.15) is 0 Å². The van der Waals surface area contributed by atoms with E-state index < -0.39 is 11.9 Å². The summed E-state index contributed by atoms with van der Waals surface area (Å²) < 4.78 is 0. The van der Waals surface area contributed by atoms with Crippen molar-refractivity contribution < 1.29 is 19.8 Å². The Morgan fingerprint density at radius 2 is 2.13 bits per heavy atom. The number of carbonyl (C=O) groups is 2. The van der Waals surface area contributed by atoms with Gasteiger partial charge in [0.15, 0.2) is 0 Å². The predicted molar refractivity (Wildman–Crippen MR) is 51.8 cm³/mol. The first kappa shape index (κ1) is 10.9. The van der Waals surface area contributed by atoms with Crippen LogP contribution in [0.3, 0.4) is 0 Å². The molecule has 0 aliphatic carbocycles. The molecule has 78 valence electrons. The van der Waals surface area contributed by atoms with Gasteiger partial charge in [0.05, 0.1) is 24.2 Å². The van der Waals surface area contributed by atoms with Crippen LogP contribution >= 0.6 is 0 Å². The van der Waals surface area contributed by atoms with Gasteiger partial charge in [0.2, 0.25) is 0 Å². The van der Waals surface area contributed by atoms with Crippen LogP contribution in [0.15, 0.2) is 23.4 Å². The van der Waals surface area contributed by atoms with Crippen molar-refractivity contribution in [1.29, 1.82) is 0 Å². The monoisotopic (exact) mass is 207 g/mol. The van der Waals surface area contributed by atoms with Gasteiger partial charge >= 0.3 is 11.9 Å². The molecule has 0 fully saturated rings. The maximum absolute atomic E-state index is 10.7. The third-order valence-corrected chi connectivity index (χ3v) is 1.84. The van der Waals surface area contributed by atoms with Gasteiger partial charge in [-0.05, 0) is 6.08 Å². The van der Waals surface area contributed by atoms with Gasteiger partial charge < -0.3 is 15.1 Å². The number of aliphatic carboxylic acids is 2. The van der Waals surface area contributed by atoms with Gasteiger partial charge in [0.25, 0.3) is 0 Å². The SMILES string of the molecule is C#CCN1C=C(C(=O)O)C=C(C(=O)O)C1. The molecular weight excluding hydrogens is 198 g/mol. The van der Waals surface area contributed by atoms with Crippen molar-refractivity contribution in [3.63, 3.8) is 0 Å². The summed E-state index contributed by atoms with van der Waals surface area (Å²) in [7, 11) is 0. The van der Waals surface area contributed by atoms with E-state index in [9.17, 15) is 9.59 Å². The van der Waals surface area contributed by atoms with E-state index in [2.05, 4.69) is 5.92 Å². The fraction of sp³-hybridized carbons (Fsp3) is 0.200. The number of hydrogen-bond donors (Lipinski definition) is 2. The molecule has 5 heteroatoms. The molecule has 1 rings (SSSR count). The molecule has 0 amide bonds. The Morgan fingerprint density at radius 1 is 1.47 bits per heavy atom. The van der Waals surface area contributed by atoms with Crippen LogP contribution in [0.25, 0.3) is 0 Å². The van der Waals surface area contributed by atoms with E-state index in [0.29, 0.717) is 0 Å². The first-order valence-corrected chi connectivity index (χ1v) is 4.11. The normalized spacial score (nSPS) is 15.0. The minimum absolute atomic E-state index is 0.0187. The maximum Gasteiger partial charge on any atom is 0.337 e. The van der Waals surface area contributed by atoms with Crippen LogP contribution in [0, 0.1) is 12.3 Å². The molecular formula is C10H9NO4. The number of carboxylic acids is 2. The van der Waals surface area contributed by atoms with Gasteiger partial charge in [-0.2, -0.15) is 0 Å². The summed E-state index contributed by atoms with van der Waals surface area (Å²) in [5, 5.41) is 17.5. The highest BCUT2D eigenvalue weighted by atomic mass is 16.4. The molecule has 0 unspecified atom stereocenters. The molecule has 5 nitrogen and oxygen atoms in total. The van der Waals surface area contributed by atoms with Gasteiger partial charge in [0, 0.05) is 6.20 Å². The molecule has 0 aromatic carbocycles. The zero-order chi connectivity index (χ0) is 11.4. The molecule has 0 saturated carbocycles. The van der Waals surface area contributed by atoms with E-state index in [4.69, 9.17) is 16.6 Å². The lowest BCUT2D eigenvalue weighted by Crippen LogP contribution is -2.28.